The smallest absolute Gasteiger partial charge is 0.193 e. The maximum Gasteiger partial charge on any atom is 0.193 e. The topological polar surface area (TPSA) is 68.9 Å². The van der Waals surface area contributed by atoms with Crippen molar-refractivity contribution < 1.29 is 9.47 Å². The van der Waals surface area contributed by atoms with E-state index < -0.39 is 0 Å². The highest BCUT2D eigenvalue weighted by Gasteiger charge is 2.14. The van der Waals surface area contributed by atoms with Crippen molar-refractivity contribution in [3.05, 3.63) is 53.1 Å². The zero-order valence-corrected chi connectivity index (χ0v) is 17.0. The number of ether oxygens (including phenoxy) is 2. The van der Waals surface area contributed by atoms with Gasteiger partial charge in [-0.2, -0.15) is 0 Å². The Morgan fingerprint density at radius 1 is 1.04 bits per heavy atom. The molecule has 0 saturated heterocycles. The minimum atomic E-state index is 0. The quantitative estimate of drug-likeness (QED) is 0.410. The SMILES string of the molecule is I.NC(=NCc1cccc2c1OCCCO2)Nc1ccc2c(c1)CCC2. The van der Waals surface area contributed by atoms with Gasteiger partial charge in [-0.15, -0.1) is 24.0 Å². The van der Waals surface area contributed by atoms with Crippen molar-refractivity contribution in [3.8, 4) is 11.5 Å². The number of hydrogen-bond acceptors (Lipinski definition) is 3. The van der Waals surface area contributed by atoms with Crippen LogP contribution < -0.4 is 20.5 Å². The van der Waals surface area contributed by atoms with E-state index in [0.29, 0.717) is 25.7 Å². The van der Waals surface area contributed by atoms with E-state index in [1.165, 1.54) is 24.0 Å². The summed E-state index contributed by atoms with van der Waals surface area (Å²) in [5.41, 5.74) is 10.9. The lowest BCUT2D eigenvalue weighted by atomic mass is 10.1. The van der Waals surface area contributed by atoms with Gasteiger partial charge in [0.1, 0.15) is 0 Å². The van der Waals surface area contributed by atoms with E-state index in [1.807, 2.05) is 18.2 Å². The second kappa shape index (κ2) is 8.62. The van der Waals surface area contributed by atoms with Crippen molar-refractivity contribution >= 4 is 35.6 Å². The molecular formula is C20H24IN3O2. The first-order valence-electron chi connectivity index (χ1n) is 8.86. The molecular weight excluding hydrogens is 441 g/mol. The molecule has 2 aliphatic rings. The molecule has 0 spiro atoms. The Morgan fingerprint density at radius 2 is 1.88 bits per heavy atom. The predicted molar refractivity (Wildman–Crippen MR) is 115 cm³/mol. The van der Waals surface area contributed by atoms with E-state index in [1.54, 1.807) is 0 Å². The Labute approximate surface area is 171 Å². The van der Waals surface area contributed by atoms with Crippen molar-refractivity contribution in [2.45, 2.75) is 32.2 Å². The Balaban J connectivity index is 0.00000196. The molecule has 5 nitrogen and oxygen atoms in total. The van der Waals surface area contributed by atoms with Crippen LogP contribution in [0, 0.1) is 0 Å². The van der Waals surface area contributed by atoms with Gasteiger partial charge in [0.25, 0.3) is 0 Å². The first-order valence-corrected chi connectivity index (χ1v) is 8.86. The van der Waals surface area contributed by atoms with Gasteiger partial charge in [0.05, 0.1) is 19.8 Å². The van der Waals surface area contributed by atoms with Gasteiger partial charge in [-0.25, -0.2) is 4.99 Å². The van der Waals surface area contributed by atoms with Crippen LogP contribution in [-0.2, 0) is 19.4 Å². The van der Waals surface area contributed by atoms with E-state index in [9.17, 15) is 0 Å². The number of halogens is 1. The predicted octanol–water partition coefficient (Wildman–Crippen LogP) is 3.88. The van der Waals surface area contributed by atoms with Gasteiger partial charge >= 0.3 is 0 Å². The first-order chi connectivity index (χ1) is 12.3. The van der Waals surface area contributed by atoms with Crippen molar-refractivity contribution in [2.24, 2.45) is 10.7 Å². The third-order valence-electron chi connectivity index (χ3n) is 4.64. The standard InChI is InChI=1S/C20H23N3O2.HI/c21-20(23-17-9-8-14-4-1-5-15(14)12-17)22-13-16-6-2-7-18-19(16)25-11-3-10-24-18;/h2,6-9,12H,1,3-5,10-11,13H2,(H3,21,22,23);1H. The largest absolute Gasteiger partial charge is 0.490 e. The number of guanidine groups is 1. The summed E-state index contributed by atoms with van der Waals surface area (Å²) in [6.07, 6.45) is 4.46. The number of nitrogens with zero attached hydrogens (tertiary/aromatic N) is 1. The number of para-hydroxylation sites is 1. The molecule has 0 saturated carbocycles. The molecule has 0 aromatic heterocycles. The zero-order chi connectivity index (χ0) is 17.1. The number of aliphatic imine (C=N–C) groups is 1. The molecule has 0 atom stereocenters. The van der Waals surface area contributed by atoms with Crippen LogP contribution in [0.3, 0.4) is 0 Å². The van der Waals surface area contributed by atoms with Gasteiger partial charge < -0.3 is 20.5 Å². The molecule has 0 amide bonds. The van der Waals surface area contributed by atoms with Gasteiger partial charge in [0.2, 0.25) is 0 Å². The monoisotopic (exact) mass is 465 g/mol. The van der Waals surface area contributed by atoms with Gasteiger partial charge in [0.15, 0.2) is 17.5 Å². The van der Waals surface area contributed by atoms with Crippen molar-refractivity contribution in [1.29, 1.82) is 0 Å². The van der Waals surface area contributed by atoms with Crippen LogP contribution >= 0.6 is 24.0 Å². The average molecular weight is 465 g/mol. The Bertz CT molecular complexity index is 808. The van der Waals surface area contributed by atoms with Crippen LogP contribution in [0.4, 0.5) is 5.69 Å². The number of rotatable bonds is 3. The fourth-order valence-corrected chi connectivity index (χ4v) is 3.39. The maximum atomic E-state index is 6.07. The lowest BCUT2D eigenvalue weighted by Gasteiger charge is -2.12. The summed E-state index contributed by atoms with van der Waals surface area (Å²) in [5, 5.41) is 3.19. The number of aryl methyl sites for hydroxylation is 2. The normalized spacial score (nSPS) is 15.6. The van der Waals surface area contributed by atoms with Crippen LogP contribution in [0.25, 0.3) is 0 Å². The highest BCUT2D eigenvalue weighted by molar-refractivity contribution is 14.0. The molecule has 0 fully saturated rings. The van der Waals surface area contributed by atoms with Crippen LogP contribution in [0.1, 0.15) is 29.5 Å². The molecule has 1 aliphatic carbocycles. The number of anilines is 1. The summed E-state index contributed by atoms with van der Waals surface area (Å²) >= 11 is 0. The van der Waals surface area contributed by atoms with E-state index >= 15 is 0 Å². The fourth-order valence-electron chi connectivity index (χ4n) is 3.39. The lowest BCUT2D eigenvalue weighted by molar-refractivity contribution is 0.296. The molecule has 1 aliphatic heterocycles. The van der Waals surface area contributed by atoms with Gasteiger partial charge in [-0.1, -0.05) is 18.2 Å². The number of nitrogens with one attached hydrogen (secondary N) is 1. The summed E-state index contributed by atoms with van der Waals surface area (Å²) in [6.45, 7) is 1.80. The Kier molecular flexibility index (Phi) is 6.24. The molecule has 1 heterocycles. The van der Waals surface area contributed by atoms with Gasteiger partial charge in [-0.3, -0.25) is 0 Å². The average Bonchev–Trinajstić information content (AvgIpc) is 2.95. The molecule has 6 heteroatoms. The molecule has 0 radical (unpaired) electrons. The Hall–Kier alpha value is -1.96. The van der Waals surface area contributed by atoms with E-state index in [-0.39, 0.29) is 24.0 Å². The fraction of sp³-hybridized carbons (Fsp3) is 0.350. The van der Waals surface area contributed by atoms with E-state index in [0.717, 1.165) is 35.6 Å². The molecule has 4 rings (SSSR count). The summed E-state index contributed by atoms with van der Waals surface area (Å²) in [4.78, 5) is 4.47. The van der Waals surface area contributed by atoms with Crippen LogP contribution in [0.15, 0.2) is 41.4 Å². The van der Waals surface area contributed by atoms with Crippen molar-refractivity contribution in [2.75, 3.05) is 18.5 Å². The highest BCUT2D eigenvalue weighted by atomic mass is 127. The molecule has 0 unspecified atom stereocenters. The molecule has 3 N–H and O–H groups in total. The van der Waals surface area contributed by atoms with Crippen LogP contribution in [0.2, 0.25) is 0 Å². The van der Waals surface area contributed by atoms with E-state index in [2.05, 4.69) is 28.5 Å². The third-order valence-corrected chi connectivity index (χ3v) is 4.64. The summed E-state index contributed by atoms with van der Waals surface area (Å²) in [6, 6.07) is 12.3. The van der Waals surface area contributed by atoms with Crippen LogP contribution in [0.5, 0.6) is 11.5 Å². The number of hydrogen-bond donors (Lipinski definition) is 2. The highest BCUT2D eigenvalue weighted by Crippen LogP contribution is 2.33. The second-order valence-electron chi connectivity index (χ2n) is 6.46. The maximum absolute atomic E-state index is 6.07. The summed E-state index contributed by atoms with van der Waals surface area (Å²) < 4.78 is 11.5. The van der Waals surface area contributed by atoms with Gasteiger partial charge in [0, 0.05) is 17.7 Å². The molecule has 0 bridgehead atoms. The zero-order valence-electron chi connectivity index (χ0n) is 14.7. The summed E-state index contributed by atoms with van der Waals surface area (Å²) in [7, 11) is 0. The van der Waals surface area contributed by atoms with Crippen molar-refractivity contribution in [3.63, 3.8) is 0 Å². The third kappa shape index (κ3) is 4.23. The van der Waals surface area contributed by atoms with Crippen molar-refractivity contribution in [1.82, 2.24) is 0 Å². The van der Waals surface area contributed by atoms with Gasteiger partial charge in [-0.05, 0) is 48.6 Å². The molecule has 138 valence electrons. The Morgan fingerprint density at radius 3 is 2.81 bits per heavy atom. The summed E-state index contributed by atoms with van der Waals surface area (Å²) in [5.74, 6) is 1.98. The number of fused-ring (bicyclic) bond motifs is 2. The molecule has 2 aromatic rings. The number of nitrogens with two attached hydrogens (primary N) is 1. The lowest BCUT2D eigenvalue weighted by Crippen LogP contribution is -2.22. The molecule has 2 aromatic carbocycles. The molecule has 26 heavy (non-hydrogen) atoms. The minimum absolute atomic E-state index is 0. The van der Waals surface area contributed by atoms with Crippen LogP contribution in [-0.4, -0.2) is 19.2 Å². The second-order valence-corrected chi connectivity index (χ2v) is 6.46. The first kappa shape index (κ1) is 18.8. The number of benzene rings is 2. The minimum Gasteiger partial charge on any atom is -0.490 e. The van der Waals surface area contributed by atoms with E-state index in [4.69, 9.17) is 15.2 Å².